The van der Waals surface area contributed by atoms with Crippen LogP contribution in [0.25, 0.3) is 11.1 Å². The molecule has 4 saturated carbocycles. The highest BCUT2D eigenvalue weighted by molar-refractivity contribution is 5.82. The van der Waals surface area contributed by atoms with Crippen molar-refractivity contribution in [3.63, 3.8) is 0 Å². The summed E-state index contributed by atoms with van der Waals surface area (Å²) < 4.78 is 0. The molecule has 0 radical (unpaired) electrons. The zero-order valence-corrected chi connectivity index (χ0v) is 29.4. The molecule has 8 unspecified atom stereocenters. The van der Waals surface area contributed by atoms with Crippen LogP contribution in [0, 0.1) is 35.5 Å². The van der Waals surface area contributed by atoms with Gasteiger partial charge >= 0.3 is 0 Å². The van der Waals surface area contributed by atoms with Gasteiger partial charge in [-0.3, -0.25) is 0 Å². The number of fused-ring (bicyclic) bond motifs is 7. The Morgan fingerprint density at radius 2 is 1.35 bits per heavy atom. The largest absolute Gasteiger partial charge is 0.0879 e. The molecule has 0 aromatic heterocycles. The maximum Gasteiger partial charge on any atom is 0.0215 e. The minimum atomic E-state index is 0.210. The van der Waals surface area contributed by atoms with Crippen LogP contribution in [0.2, 0.25) is 0 Å². The van der Waals surface area contributed by atoms with Gasteiger partial charge in [-0.2, -0.15) is 0 Å². The maximum absolute atomic E-state index is 2.72. The topological polar surface area (TPSA) is 0 Å². The predicted octanol–water partition coefficient (Wildman–Crippen LogP) is 13.5. The van der Waals surface area contributed by atoms with Gasteiger partial charge in [0.05, 0.1) is 0 Å². The summed E-state index contributed by atoms with van der Waals surface area (Å²) >= 11 is 0. The highest BCUT2D eigenvalue weighted by Gasteiger charge is 2.43. The van der Waals surface area contributed by atoms with Gasteiger partial charge < -0.3 is 0 Å². The van der Waals surface area contributed by atoms with Crippen LogP contribution in [-0.4, -0.2) is 0 Å². The van der Waals surface area contributed by atoms with Crippen LogP contribution >= 0.6 is 0 Å². The molecule has 4 bridgehead atoms. The molecule has 2 aromatic carbocycles. The number of allylic oxidation sites excluding steroid dienone is 2. The maximum atomic E-state index is 2.72. The molecule has 0 amide bonds. The molecule has 2 aromatic rings. The molecule has 0 spiro atoms. The summed E-state index contributed by atoms with van der Waals surface area (Å²) in [5.41, 5.74) is 9.88. The van der Waals surface area contributed by atoms with E-state index in [0.717, 1.165) is 41.9 Å². The van der Waals surface area contributed by atoms with Crippen molar-refractivity contribution in [2.45, 2.75) is 166 Å². The number of unbranched alkanes of at least 4 members (excludes halogenated alkanes) is 4. The molecule has 6 aliphatic rings. The summed E-state index contributed by atoms with van der Waals surface area (Å²) in [5.74, 6) is 7.07. The molecular formula is C46H64. The van der Waals surface area contributed by atoms with E-state index >= 15 is 0 Å². The highest BCUT2D eigenvalue weighted by atomic mass is 14.5. The highest BCUT2D eigenvalue weighted by Crippen LogP contribution is 2.56. The lowest BCUT2D eigenvalue weighted by atomic mass is 9.69. The van der Waals surface area contributed by atoms with Gasteiger partial charge in [-0.25, -0.2) is 0 Å². The summed E-state index contributed by atoms with van der Waals surface area (Å²) in [7, 11) is 0. The standard InChI is InChI=1S/C46H64/c1-2-33-20-24-42-43-25-23-41(36-14-7-8-15-36)32-45(43)46(44(42)31-33,27-10-4-6-16-38-29-35-19-22-40(38)30-35)26-9-3-5-13-37-17-11-12-34-18-21-39(37)28-34/h7,14,20,23-25,31-32,34-40H,2-6,8-13,15-19,21-22,26-30H2,1H3. The predicted molar refractivity (Wildman–Crippen MR) is 196 cm³/mol. The van der Waals surface area contributed by atoms with Crippen LogP contribution in [0.15, 0.2) is 48.6 Å². The van der Waals surface area contributed by atoms with Crippen LogP contribution in [0.1, 0.15) is 176 Å². The molecule has 8 atom stereocenters. The fourth-order valence-electron chi connectivity index (χ4n) is 12.4. The average Bonchev–Trinajstić information content (AvgIpc) is 3.92. The Hall–Kier alpha value is -1.82. The van der Waals surface area contributed by atoms with Crippen molar-refractivity contribution in [3.8, 4) is 11.1 Å². The van der Waals surface area contributed by atoms with Gasteiger partial charge in [0.15, 0.2) is 0 Å². The van der Waals surface area contributed by atoms with Crippen molar-refractivity contribution in [2.75, 3.05) is 0 Å². The van der Waals surface area contributed by atoms with Gasteiger partial charge in [-0.15, -0.1) is 0 Å². The van der Waals surface area contributed by atoms with Crippen molar-refractivity contribution in [3.05, 3.63) is 70.8 Å². The van der Waals surface area contributed by atoms with E-state index in [-0.39, 0.29) is 5.41 Å². The number of rotatable bonds is 14. The third-order valence-corrected chi connectivity index (χ3v) is 15.0. The van der Waals surface area contributed by atoms with Crippen LogP contribution in [0.3, 0.4) is 0 Å². The van der Waals surface area contributed by atoms with E-state index in [1.54, 1.807) is 72.8 Å². The molecule has 0 saturated heterocycles. The molecule has 46 heavy (non-hydrogen) atoms. The minimum Gasteiger partial charge on any atom is -0.0879 e. The van der Waals surface area contributed by atoms with Gasteiger partial charge in [-0.1, -0.05) is 139 Å². The molecular weight excluding hydrogens is 553 g/mol. The fourth-order valence-corrected chi connectivity index (χ4v) is 12.4. The lowest BCUT2D eigenvalue weighted by Crippen LogP contribution is -2.26. The van der Waals surface area contributed by atoms with Gasteiger partial charge in [0.25, 0.3) is 0 Å². The molecule has 0 nitrogen and oxygen atoms in total. The third-order valence-electron chi connectivity index (χ3n) is 15.0. The first kappa shape index (κ1) is 31.4. The van der Waals surface area contributed by atoms with Crippen molar-refractivity contribution >= 4 is 0 Å². The Morgan fingerprint density at radius 3 is 2.07 bits per heavy atom. The van der Waals surface area contributed by atoms with E-state index in [2.05, 4.69) is 55.5 Å². The second-order valence-corrected chi connectivity index (χ2v) is 17.5. The fraction of sp³-hybridized carbons (Fsp3) is 0.696. The van der Waals surface area contributed by atoms with E-state index in [1.807, 2.05) is 0 Å². The minimum absolute atomic E-state index is 0.210. The molecule has 6 aliphatic carbocycles. The van der Waals surface area contributed by atoms with Crippen molar-refractivity contribution in [1.82, 2.24) is 0 Å². The first-order chi connectivity index (χ1) is 22.7. The van der Waals surface area contributed by atoms with Crippen molar-refractivity contribution in [1.29, 1.82) is 0 Å². The SMILES string of the molecule is CCc1ccc2c(c1)C(CCCCCC1CCCC3CCC1C3)(CCCCCC1CC3CCC1C3)c1cc(C3C=CCC3)ccc1-2. The second-order valence-electron chi connectivity index (χ2n) is 17.5. The van der Waals surface area contributed by atoms with Crippen LogP contribution in [0.5, 0.6) is 0 Å². The Kier molecular flexibility index (Phi) is 9.54. The van der Waals surface area contributed by atoms with Crippen molar-refractivity contribution < 1.29 is 0 Å². The molecule has 248 valence electrons. The van der Waals surface area contributed by atoms with Gasteiger partial charge in [-0.05, 0) is 133 Å². The second kappa shape index (κ2) is 14.0. The van der Waals surface area contributed by atoms with Gasteiger partial charge in [0.2, 0.25) is 0 Å². The van der Waals surface area contributed by atoms with E-state index in [4.69, 9.17) is 0 Å². The first-order valence-corrected chi connectivity index (χ1v) is 20.6. The molecule has 0 heteroatoms. The van der Waals surface area contributed by atoms with Crippen LogP contribution in [0.4, 0.5) is 0 Å². The molecule has 0 N–H and O–H groups in total. The summed E-state index contributed by atoms with van der Waals surface area (Å²) in [4.78, 5) is 0. The van der Waals surface area contributed by atoms with E-state index in [9.17, 15) is 0 Å². The number of aryl methyl sites for hydroxylation is 1. The zero-order chi connectivity index (χ0) is 30.9. The van der Waals surface area contributed by atoms with E-state index < -0.39 is 0 Å². The molecule has 0 aliphatic heterocycles. The number of hydrogen-bond donors (Lipinski definition) is 0. The third kappa shape index (κ3) is 6.23. The lowest BCUT2D eigenvalue weighted by molar-refractivity contribution is 0.291. The summed E-state index contributed by atoms with van der Waals surface area (Å²) in [6.07, 6.45) is 38.4. The monoisotopic (exact) mass is 617 g/mol. The smallest absolute Gasteiger partial charge is 0.0215 e. The van der Waals surface area contributed by atoms with Gasteiger partial charge in [0, 0.05) is 11.3 Å². The normalized spacial score (nSPS) is 33.9. The quantitative estimate of drug-likeness (QED) is 0.146. The lowest BCUT2D eigenvalue weighted by Gasteiger charge is -2.34. The first-order valence-electron chi connectivity index (χ1n) is 20.6. The average molecular weight is 617 g/mol. The number of hydrogen-bond acceptors (Lipinski definition) is 0. The van der Waals surface area contributed by atoms with Gasteiger partial charge in [0.1, 0.15) is 0 Å². The van der Waals surface area contributed by atoms with Crippen LogP contribution in [-0.2, 0) is 11.8 Å². The Bertz CT molecular complexity index is 1360. The zero-order valence-electron chi connectivity index (χ0n) is 29.4. The van der Waals surface area contributed by atoms with E-state index in [1.165, 1.54) is 102 Å². The van der Waals surface area contributed by atoms with Crippen molar-refractivity contribution in [2.24, 2.45) is 35.5 Å². The van der Waals surface area contributed by atoms with E-state index in [0.29, 0.717) is 5.92 Å². The number of benzene rings is 2. The Labute approximate surface area is 282 Å². The summed E-state index contributed by atoms with van der Waals surface area (Å²) in [6.45, 7) is 2.35. The molecule has 8 rings (SSSR count). The Morgan fingerprint density at radius 1 is 0.630 bits per heavy atom. The molecule has 4 fully saturated rings. The Balaban J connectivity index is 1.00. The van der Waals surface area contributed by atoms with Crippen LogP contribution < -0.4 is 0 Å². The summed E-state index contributed by atoms with van der Waals surface area (Å²) in [5, 5.41) is 0. The summed E-state index contributed by atoms with van der Waals surface area (Å²) in [6, 6.07) is 15.4. The molecule has 0 heterocycles.